The third-order valence-corrected chi connectivity index (χ3v) is 3.53. The summed E-state index contributed by atoms with van der Waals surface area (Å²) < 4.78 is 7.45. The van der Waals surface area contributed by atoms with Crippen LogP contribution < -0.4 is 10.6 Å². The summed E-state index contributed by atoms with van der Waals surface area (Å²) in [5, 5.41) is 6.07. The van der Waals surface area contributed by atoms with Crippen molar-refractivity contribution in [2.75, 3.05) is 13.6 Å². The third kappa shape index (κ3) is 3.33. The first-order valence-corrected chi connectivity index (χ1v) is 6.92. The predicted octanol–water partition coefficient (Wildman–Crippen LogP) is 1.46. The van der Waals surface area contributed by atoms with Crippen LogP contribution in [-0.2, 0) is 11.8 Å². The van der Waals surface area contributed by atoms with E-state index < -0.39 is 5.41 Å². The molecule has 2 rings (SSSR count). The maximum atomic E-state index is 11.9. The molecule has 0 bridgehead atoms. The molecule has 0 aliphatic rings. The van der Waals surface area contributed by atoms with Gasteiger partial charge in [0.15, 0.2) is 0 Å². The lowest BCUT2D eigenvalue weighted by Crippen LogP contribution is -2.43. The molecule has 1 amide bonds. The zero-order valence-corrected chi connectivity index (χ0v) is 12.9. The fourth-order valence-electron chi connectivity index (χ4n) is 2.21. The summed E-state index contributed by atoms with van der Waals surface area (Å²) in [4.78, 5) is 16.3. The van der Waals surface area contributed by atoms with Crippen molar-refractivity contribution in [3.63, 3.8) is 0 Å². The van der Waals surface area contributed by atoms with Crippen molar-refractivity contribution < 1.29 is 9.21 Å². The molecule has 2 N–H and O–H groups in total. The Hall–Kier alpha value is -2.08. The number of rotatable bonds is 6. The van der Waals surface area contributed by atoms with E-state index in [9.17, 15) is 4.79 Å². The van der Waals surface area contributed by atoms with Crippen LogP contribution in [-0.4, -0.2) is 29.1 Å². The van der Waals surface area contributed by atoms with Crippen molar-refractivity contribution in [3.05, 3.63) is 42.4 Å². The summed E-state index contributed by atoms with van der Waals surface area (Å²) in [6.45, 7) is 4.30. The van der Waals surface area contributed by atoms with Crippen LogP contribution in [0.4, 0.5) is 0 Å². The van der Waals surface area contributed by atoms with Crippen LogP contribution in [0.1, 0.15) is 31.5 Å². The number of amides is 1. The minimum absolute atomic E-state index is 0.00645. The molecule has 0 fully saturated rings. The van der Waals surface area contributed by atoms with Crippen molar-refractivity contribution in [2.24, 2.45) is 12.5 Å². The second-order valence-electron chi connectivity index (χ2n) is 5.69. The molecule has 2 aromatic heterocycles. The first-order valence-electron chi connectivity index (χ1n) is 6.92. The van der Waals surface area contributed by atoms with Crippen LogP contribution in [0.3, 0.4) is 0 Å². The average Bonchev–Trinajstić information content (AvgIpc) is 3.11. The van der Waals surface area contributed by atoms with E-state index in [1.165, 1.54) is 0 Å². The predicted molar refractivity (Wildman–Crippen MR) is 79.6 cm³/mol. The van der Waals surface area contributed by atoms with Gasteiger partial charge in [-0.25, -0.2) is 4.98 Å². The zero-order valence-electron chi connectivity index (χ0n) is 12.9. The highest BCUT2D eigenvalue weighted by molar-refractivity contribution is 5.81. The fraction of sp³-hybridized carbons (Fsp3) is 0.467. The minimum Gasteiger partial charge on any atom is -0.467 e. The van der Waals surface area contributed by atoms with Gasteiger partial charge in [0.25, 0.3) is 0 Å². The topological polar surface area (TPSA) is 72.1 Å². The molecule has 2 heterocycles. The molecular weight excluding hydrogens is 268 g/mol. The van der Waals surface area contributed by atoms with Gasteiger partial charge in [-0.1, -0.05) is 0 Å². The molecule has 0 aromatic carbocycles. The van der Waals surface area contributed by atoms with Crippen LogP contribution in [0.5, 0.6) is 0 Å². The van der Waals surface area contributed by atoms with Crippen molar-refractivity contribution in [1.82, 2.24) is 20.2 Å². The number of furan rings is 1. The Morgan fingerprint density at radius 2 is 2.29 bits per heavy atom. The fourth-order valence-corrected chi connectivity index (χ4v) is 2.21. The molecule has 21 heavy (non-hydrogen) atoms. The Morgan fingerprint density at radius 1 is 1.52 bits per heavy atom. The number of carbonyl (C=O) groups is 1. The Bertz CT molecular complexity index is 587. The Morgan fingerprint density at radius 3 is 2.81 bits per heavy atom. The van der Waals surface area contributed by atoms with Gasteiger partial charge >= 0.3 is 0 Å². The summed E-state index contributed by atoms with van der Waals surface area (Å²) >= 11 is 0. The van der Waals surface area contributed by atoms with Gasteiger partial charge in [0.1, 0.15) is 17.6 Å². The molecule has 0 radical (unpaired) electrons. The van der Waals surface area contributed by atoms with E-state index in [1.54, 1.807) is 19.5 Å². The van der Waals surface area contributed by atoms with Gasteiger partial charge in [0.05, 0.1) is 11.7 Å². The van der Waals surface area contributed by atoms with E-state index in [2.05, 4.69) is 15.6 Å². The SMILES string of the molecule is CNC(=O)C(C)(C)CNC(c1ccco1)c1nccn1C. The lowest BCUT2D eigenvalue weighted by atomic mass is 9.92. The molecule has 0 saturated heterocycles. The maximum absolute atomic E-state index is 11.9. The third-order valence-electron chi connectivity index (χ3n) is 3.53. The smallest absolute Gasteiger partial charge is 0.226 e. The molecule has 0 aliphatic carbocycles. The van der Waals surface area contributed by atoms with Crippen LogP contribution in [0.25, 0.3) is 0 Å². The van der Waals surface area contributed by atoms with Gasteiger partial charge in [-0.15, -0.1) is 0 Å². The summed E-state index contributed by atoms with van der Waals surface area (Å²) in [5.74, 6) is 1.61. The van der Waals surface area contributed by atoms with E-state index in [-0.39, 0.29) is 11.9 Å². The number of hydrogen-bond donors (Lipinski definition) is 2. The van der Waals surface area contributed by atoms with E-state index in [1.807, 2.05) is 43.8 Å². The number of nitrogens with one attached hydrogen (secondary N) is 2. The summed E-state index contributed by atoms with van der Waals surface area (Å²) in [5.41, 5.74) is -0.523. The van der Waals surface area contributed by atoms with E-state index in [0.29, 0.717) is 6.54 Å². The highest BCUT2D eigenvalue weighted by Crippen LogP contribution is 2.23. The first-order chi connectivity index (χ1) is 9.95. The van der Waals surface area contributed by atoms with E-state index >= 15 is 0 Å². The normalized spacial score (nSPS) is 13.1. The molecule has 114 valence electrons. The van der Waals surface area contributed by atoms with Gasteiger partial charge < -0.3 is 19.6 Å². The van der Waals surface area contributed by atoms with Crippen LogP contribution in [0, 0.1) is 5.41 Å². The van der Waals surface area contributed by atoms with Gasteiger partial charge in [0, 0.05) is 33.0 Å². The van der Waals surface area contributed by atoms with Crippen LogP contribution in [0.15, 0.2) is 35.2 Å². The molecule has 0 aliphatic heterocycles. The number of carbonyl (C=O) groups excluding carboxylic acids is 1. The minimum atomic E-state index is -0.523. The summed E-state index contributed by atoms with van der Waals surface area (Å²) in [7, 11) is 3.58. The number of aryl methyl sites for hydroxylation is 1. The standard InChI is InChI=1S/C15H22N4O2/c1-15(2,14(20)16-3)10-18-12(11-6-5-9-21-11)13-17-7-8-19(13)4/h5-9,12,18H,10H2,1-4H3,(H,16,20). The molecule has 0 spiro atoms. The Balaban J connectivity index is 2.19. The second-order valence-corrected chi connectivity index (χ2v) is 5.69. The molecule has 1 unspecified atom stereocenters. The number of aromatic nitrogens is 2. The molecule has 6 heteroatoms. The summed E-state index contributed by atoms with van der Waals surface area (Å²) in [6, 6.07) is 3.56. The first kappa shape index (κ1) is 15.3. The van der Waals surface area contributed by atoms with Gasteiger partial charge in [-0.3, -0.25) is 4.79 Å². The molecule has 0 saturated carbocycles. The molecule has 6 nitrogen and oxygen atoms in total. The monoisotopic (exact) mass is 290 g/mol. The van der Waals surface area contributed by atoms with E-state index in [4.69, 9.17) is 4.42 Å². The Labute approximate surface area is 124 Å². The Kier molecular flexibility index (Phi) is 4.47. The number of imidazole rings is 1. The summed E-state index contributed by atoms with van der Waals surface area (Å²) in [6.07, 6.45) is 5.27. The lowest BCUT2D eigenvalue weighted by Gasteiger charge is -2.26. The van der Waals surface area contributed by atoms with Gasteiger partial charge in [-0.2, -0.15) is 0 Å². The second kappa shape index (κ2) is 6.13. The highest BCUT2D eigenvalue weighted by Gasteiger charge is 2.29. The van der Waals surface area contributed by atoms with Crippen molar-refractivity contribution in [2.45, 2.75) is 19.9 Å². The largest absolute Gasteiger partial charge is 0.467 e. The quantitative estimate of drug-likeness (QED) is 0.845. The maximum Gasteiger partial charge on any atom is 0.226 e. The van der Waals surface area contributed by atoms with E-state index in [0.717, 1.165) is 11.6 Å². The molecular formula is C15H22N4O2. The van der Waals surface area contributed by atoms with Gasteiger partial charge in [-0.05, 0) is 26.0 Å². The molecule has 1 atom stereocenters. The van der Waals surface area contributed by atoms with Crippen LogP contribution in [0.2, 0.25) is 0 Å². The van der Waals surface area contributed by atoms with Crippen molar-refractivity contribution in [1.29, 1.82) is 0 Å². The average molecular weight is 290 g/mol. The number of nitrogens with zero attached hydrogens (tertiary/aromatic N) is 2. The zero-order chi connectivity index (χ0) is 15.5. The number of hydrogen-bond acceptors (Lipinski definition) is 4. The van der Waals surface area contributed by atoms with Crippen LogP contribution >= 0.6 is 0 Å². The molecule has 2 aromatic rings. The van der Waals surface area contributed by atoms with Gasteiger partial charge in [0.2, 0.25) is 5.91 Å². The lowest BCUT2D eigenvalue weighted by molar-refractivity contribution is -0.128. The van der Waals surface area contributed by atoms with Crippen molar-refractivity contribution >= 4 is 5.91 Å². The van der Waals surface area contributed by atoms with Crippen molar-refractivity contribution in [3.8, 4) is 0 Å². The highest BCUT2D eigenvalue weighted by atomic mass is 16.3.